The lowest BCUT2D eigenvalue weighted by Crippen LogP contribution is -2.54. The molecule has 0 heterocycles. The molecular weight excluding hydrogens is 670 g/mol. The van der Waals surface area contributed by atoms with Crippen LogP contribution in [-0.4, -0.2) is 70.5 Å². The lowest BCUT2D eigenvalue weighted by molar-refractivity contribution is -0.139. The molecule has 9 nitrogen and oxygen atoms in total. The monoisotopic (exact) mass is 712 g/mol. The van der Waals surface area contributed by atoms with Crippen LogP contribution in [0, 0.1) is 9.39 Å². The number of halogens is 2. The number of hydrogen-bond donors (Lipinski definition) is 4. The number of aliphatic hydroxyl groups is 3. The van der Waals surface area contributed by atoms with Crippen LogP contribution in [0.3, 0.4) is 0 Å². The highest BCUT2D eigenvalue weighted by atomic mass is 127. The van der Waals surface area contributed by atoms with Crippen molar-refractivity contribution in [2.75, 3.05) is 20.3 Å². The predicted molar refractivity (Wildman–Crippen MR) is 169 cm³/mol. The van der Waals surface area contributed by atoms with Gasteiger partial charge in [-0.25, -0.2) is 4.39 Å². The van der Waals surface area contributed by atoms with Crippen LogP contribution in [0.2, 0.25) is 0 Å². The van der Waals surface area contributed by atoms with E-state index in [4.69, 9.17) is 9.47 Å². The Morgan fingerprint density at radius 2 is 1.81 bits per heavy atom. The molecule has 0 spiro atoms. The summed E-state index contributed by atoms with van der Waals surface area (Å²) >= 11 is 2.05. The third kappa shape index (κ3) is 9.88. The second kappa shape index (κ2) is 17.5. The zero-order valence-electron chi connectivity index (χ0n) is 24.7. The van der Waals surface area contributed by atoms with E-state index in [0.29, 0.717) is 38.2 Å². The van der Waals surface area contributed by atoms with Gasteiger partial charge in [0.1, 0.15) is 18.0 Å². The first-order valence-corrected chi connectivity index (χ1v) is 15.8. The van der Waals surface area contributed by atoms with Crippen molar-refractivity contribution < 1.29 is 38.8 Å². The molecule has 0 aromatic heterocycles. The number of rotatable bonds is 16. The predicted octanol–water partition coefficient (Wildman–Crippen LogP) is 4.24. The minimum absolute atomic E-state index is 0.0409. The molecule has 0 radical (unpaired) electrons. The molecule has 0 unspecified atom stereocenters. The maximum atomic E-state index is 13.7. The van der Waals surface area contributed by atoms with Gasteiger partial charge in [-0.1, -0.05) is 44.7 Å². The summed E-state index contributed by atoms with van der Waals surface area (Å²) in [5.74, 6) is -0.351. The maximum absolute atomic E-state index is 13.7. The SMILES string of the molecule is CCCCCCCC(=O)N(Cc1ccc(F)cc1)[C@@H]1CC(C(=O)NCCO)=C[C@H](Oc2c(I)cc(CO)cc2OC)[C@H]1O. The Kier molecular flexibility index (Phi) is 14.2. The highest BCUT2D eigenvalue weighted by molar-refractivity contribution is 14.1. The maximum Gasteiger partial charge on any atom is 0.247 e. The fourth-order valence-electron chi connectivity index (χ4n) is 5.09. The molecule has 0 fully saturated rings. The van der Waals surface area contributed by atoms with Gasteiger partial charge in [0.05, 0.1) is 29.9 Å². The summed E-state index contributed by atoms with van der Waals surface area (Å²) in [4.78, 5) is 28.4. The van der Waals surface area contributed by atoms with E-state index in [0.717, 1.165) is 25.7 Å². The number of hydrogen-bond acceptors (Lipinski definition) is 7. The normalized spacial score (nSPS) is 18.1. The summed E-state index contributed by atoms with van der Waals surface area (Å²) < 4.78 is 26.1. The Bertz CT molecular complexity index is 1240. The largest absolute Gasteiger partial charge is 0.493 e. The molecule has 2 aromatic rings. The van der Waals surface area contributed by atoms with E-state index in [1.165, 1.54) is 25.3 Å². The zero-order valence-corrected chi connectivity index (χ0v) is 26.9. The third-order valence-corrected chi connectivity index (χ3v) is 8.22. The summed E-state index contributed by atoms with van der Waals surface area (Å²) in [5, 5.41) is 33.3. The molecule has 1 aliphatic rings. The van der Waals surface area contributed by atoms with Gasteiger partial charge in [0.2, 0.25) is 11.8 Å². The molecule has 2 amide bonds. The summed E-state index contributed by atoms with van der Waals surface area (Å²) in [5.41, 5.74) is 1.60. The molecular formula is C32H42FIN2O7. The molecule has 3 atom stereocenters. The molecule has 236 valence electrons. The number of amides is 2. The quantitative estimate of drug-likeness (QED) is 0.152. The fraction of sp³-hybridized carbons (Fsp3) is 0.500. The molecule has 0 saturated carbocycles. The van der Waals surface area contributed by atoms with Crippen molar-refractivity contribution in [3.8, 4) is 11.5 Å². The molecule has 0 aliphatic heterocycles. The number of nitrogens with zero attached hydrogens (tertiary/aromatic N) is 1. The highest BCUT2D eigenvalue weighted by Crippen LogP contribution is 2.37. The first kappa shape index (κ1) is 34.7. The van der Waals surface area contributed by atoms with E-state index in [-0.39, 0.29) is 45.1 Å². The van der Waals surface area contributed by atoms with Gasteiger partial charge in [0.15, 0.2) is 11.5 Å². The van der Waals surface area contributed by atoms with E-state index >= 15 is 0 Å². The van der Waals surface area contributed by atoms with Crippen LogP contribution < -0.4 is 14.8 Å². The topological polar surface area (TPSA) is 129 Å². The van der Waals surface area contributed by atoms with Crippen molar-refractivity contribution in [2.24, 2.45) is 0 Å². The summed E-state index contributed by atoms with van der Waals surface area (Å²) in [6.07, 6.45) is 4.38. The van der Waals surface area contributed by atoms with E-state index < -0.39 is 30.0 Å². The average molecular weight is 713 g/mol. The van der Waals surface area contributed by atoms with Crippen LogP contribution in [0.25, 0.3) is 0 Å². The minimum atomic E-state index is -1.23. The number of carbonyl (C=O) groups is 2. The number of nitrogens with one attached hydrogen (secondary N) is 1. The Morgan fingerprint density at radius 3 is 2.47 bits per heavy atom. The number of ether oxygens (including phenoxy) is 2. The highest BCUT2D eigenvalue weighted by Gasteiger charge is 2.41. The molecule has 11 heteroatoms. The van der Waals surface area contributed by atoms with Crippen molar-refractivity contribution in [2.45, 2.75) is 83.3 Å². The third-order valence-electron chi connectivity index (χ3n) is 7.42. The molecule has 3 rings (SSSR count). The van der Waals surface area contributed by atoms with Crippen LogP contribution in [0.1, 0.15) is 63.0 Å². The Labute approximate surface area is 266 Å². The van der Waals surface area contributed by atoms with E-state index in [2.05, 4.69) is 12.2 Å². The lowest BCUT2D eigenvalue weighted by Gasteiger charge is -2.41. The van der Waals surface area contributed by atoms with Gasteiger partial charge < -0.3 is 35.0 Å². The summed E-state index contributed by atoms with van der Waals surface area (Å²) in [6, 6.07) is 8.37. The Hall–Kier alpha value is -2.74. The first-order chi connectivity index (χ1) is 20.7. The summed E-state index contributed by atoms with van der Waals surface area (Å²) in [7, 11) is 1.47. The van der Waals surface area contributed by atoms with Gasteiger partial charge in [-0.05, 0) is 70.5 Å². The number of aliphatic hydroxyl groups excluding tert-OH is 3. The van der Waals surface area contributed by atoms with Crippen molar-refractivity contribution in [1.29, 1.82) is 0 Å². The van der Waals surface area contributed by atoms with Gasteiger partial charge in [0.25, 0.3) is 0 Å². The van der Waals surface area contributed by atoms with Crippen molar-refractivity contribution >= 4 is 34.4 Å². The number of benzene rings is 2. The van der Waals surface area contributed by atoms with Crippen LogP contribution in [-0.2, 0) is 22.7 Å². The van der Waals surface area contributed by atoms with Crippen LogP contribution in [0.15, 0.2) is 48.0 Å². The number of methoxy groups -OCH3 is 1. The first-order valence-electron chi connectivity index (χ1n) is 14.7. The molecule has 1 aliphatic carbocycles. The Morgan fingerprint density at radius 1 is 1.09 bits per heavy atom. The second-order valence-corrected chi connectivity index (χ2v) is 11.8. The summed E-state index contributed by atoms with van der Waals surface area (Å²) in [6.45, 7) is 1.83. The van der Waals surface area contributed by atoms with E-state index in [9.17, 15) is 29.3 Å². The van der Waals surface area contributed by atoms with Gasteiger partial charge in [-0.3, -0.25) is 9.59 Å². The molecule has 0 bridgehead atoms. The van der Waals surface area contributed by atoms with Crippen molar-refractivity contribution in [3.63, 3.8) is 0 Å². The van der Waals surface area contributed by atoms with Crippen molar-refractivity contribution in [1.82, 2.24) is 10.2 Å². The van der Waals surface area contributed by atoms with Gasteiger partial charge in [0, 0.05) is 31.5 Å². The van der Waals surface area contributed by atoms with Gasteiger partial charge >= 0.3 is 0 Å². The van der Waals surface area contributed by atoms with Gasteiger partial charge in [-0.2, -0.15) is 0 Å². The molecule has 2 aromatic carbocycles. The average Bonchev–Trinajstić information content (AvgIpc) is 3.01. The Balaban J connectivity index is 1.98. The minimum Gasteiger partial charge on any atom is -0.493 e. The molecule has 4 N–H and O–H groups in total. The van der Waals surface area contributed by atoms with E-state index in [1.54, 1.807) is 29.2 Å². The van der Waals surface area contributed by atoms with Gasteiger partial charge in [-0.15, -0.1) is 0 Å². The second-order valence-electron chi connectivity index (χ2n) is 10.6. The van der Waals surface area contributed by atoms with Crippen LogP contribution in [0.5, 0.6) is 11.5 Å². The molecule has 43 heavy (non-hydrogen) atoms. The fourth-order valence-corrected chi connectivity index (χ4v) is 5.89. The lowest BCUT2D eigenvalue weighted by atomic mass is 9.87. The molecule has 0 saturated heterocycles. The van der Waals surface area contributed by atoms with Crippen LogP contribution >= 0.6 is 22.6 Å². The van der Waals surface area contributed by atoms with Crippen molar-refractivity contribution in [3.05, 3.63) is 68.6 Å². The van der Waals surface area contributed by atoms with Crippen LogP contribution in [0.4, 0.5) is 4.39 Å². The smallest absolute Gasteiger partial charge is 0.247 e. The number of unbranched alkanes of at least 4 members (excludes halogenated alkanes) is 4. The standard InChI is InChI=1S/C32H42FIN2O7/c1-3-4-5-6-7-8-29(39)36(19-21-9-11-24(33)12-10-21)26-17-23(32(41)35-13-14-37)18-27(30(26)40)43-31-25(34)15-22(20-38)16-28(31)42-2/h9-12,15-16,18,26-27,30,37-38,40H,3-8,13-14,17,19-20H2,1-2H3,(H,35,41)/t26-,27+,30+/m1/s1. The van der Waals surface area contributed by atoms with E-state index in [1.807, 2.05) is 22.6 Å². The number of carbonyl (C=O) groups excluding carboxylic acids is 2. The zero-order chi connectivity index (χ0) is 31.4.